The van der Waals surface area contributed by atoms with Gasteiger partial charge in [-0.1, -0.05) is 27.7 Å². The van der Waals surface area contributed by atoms with E-state index in [0.717, 1.165) is 13.0 Å². The van der Waals surface area contributed by atoms with Gasteiger partial charge in [0, 0.05) is 6.54 Å². The van der Waals surface area contributed by atoms with Crippen LogP contribution in [0.4, 0.5) is 0 Å². The molecular formula is C8H21N3. The van der Waals surface area contributed by atoms with Crippen LogP contribution >= 0.6 is 0 Å². The highest BCUT2D eigenvalue weighted by molar-refractivity contribution is 4.74. The third-order valence-electron chi connectivity index (χ3n) is 1.73. The van der Waals surface area contributed by atoms with Crippen molar-refractivity contribution in [2.24, 2.45) is 17.0 Å². The lowest BCUT2D eigenvalue weighted by molar-refractivity contribution is 0.104. The SMILES string of the molecule is CCCN(N)C(N)C(C)(C)C. The summed E-state index contributed by atoms with van der Waals surface area (Å²) in [5.41, 5.74) is 5.94. The van der Waals surface area contributed by atoms with Crippen molar-refractivity contribution in [2.45, 2.75) is 40.3 Å². The van der Waals surface area contributed by atoms with Crippen molar-refractivity contribution < 1.29 is 0 Å². The number of hydrazine groups is 1. The highest BCUT2D eigenvalue weighted by Gasteiger charge is 2.24. The second kappa shape index (κ2) is 4.04. The fourth-order valence-corrected chi connectivity index (χ4v) is 0.895. The van der Waals surface area contributed by atoms with Gasteiger partial charge in [0.15, 0.2) is 0 Å². The van der Waals surface area contributed by atoms with Crippen molar-refractivity contribution in [2.75, 3.05) is 6.54 Å². The molecule has 0 rings (SSSR count). The molecule has 0 radical (unpaired) electrons. The Morgan fingerprint density at radius 3 is 2.09 bits per heavy atom. The molecule has 0 spiro atoms. The highest BCUT2D eigenvalue weighted by Crippen LogP contribution is 2.18. The van der Waals surface area contributed by atoms with Gasteiger partial charge in [-0.3, -0.25) is 5.84 Å². The van der Waals surface area contributed by atoms with Gasteiger partial charge < -0.3 is 5.73 Å². The third-order valence-corrected chi connectivity index (χ3v) is 1.73. The molecule has 0 saturated carbocycles. The Bertz CT molecular complexity index is 106. The predicted octanol–water partition coefficient (Wildman–Crippen LogP) is 0.903. The largest absolute Gasteiger partial charge is 0.314 e. The van der Waals surface area contributed by atoms with Crippen LogP contribution in [0, 0.1) is 5.41 Å². The number of rotatable bonds is 3. The quantitative estimate of drug-likeness (QED) is 0.365. The second-order valence-electron chi connectivity index (χ2n) is 4.05. The van der Waals surface area contributed by atoms with Gasteiger partial charge >= 0.3 is 0 Å². The average Bonchev–Trinajstić information content (AvgIpc) is 1.85. The molecule has 11 heavy (non-hydrogen) atoms. The molecule has 0 bridgehead atoms. The van der Waals surface area contributed by atoms with Crippen LogP contribution in [-0.2, 0) is 0 Å². The first kappa shape index (κ1) is 10.9. The molecule has 4 N–H and O–H groups in total. The summed E-state index contributed by atoms with van der Waals surface area (Å²) in [7, 11) is 0. The fraction of sp³-hybridized carbons (Fsp3) is 1.00. The van der Waals surface area contributed by atoms with E-state index in [1.165, 1.54) is 0 Å². The van der Waals surface area contributed by atoms with E-state index in [4.69, 9.17) is 11.6 Å². The van der Waals surface area contributed by atoms with Gasteiger partial charge in [-0.2, -0.15) is 0 Å². The van der Waals surface area contributed by atoms with Gasteiger partial charge in [-0.05, 0) is 11.8 Å². The molecule has 0 amide bonds. The maximum atomic E-state index is 5.88. The van der Waals surface area contributed by atoms with E-state index in [0.29, 0.717) is 0 Å². The zero-order valence-electron chi connectivity index (χ0n) is 8.09. The minimum absolute atomic E-state index is 0.0533. The molecule has 3 nitrogen and oxygen atoms in total. The number of nitrogens with two attached hydrogens (primary N) is 2. The molecule has 1 atom stereocenters. The first-order valence-corrected chi connectivity index (χ1v) is 4.16. The van der Waals surface area contributed by atoms with Crippen molar-refractivity contribution in [3.8, 4) is 0 Å². The van der Waals surface area contributed by atoms with Crippen molar-refractivity contribution in [3.05, 3.63) is 0 Å². The molecule has 0 aromatic rings. The molecule has 0 aliphatic heterocycles. The first-order valence-electron chi connectivity index (χ1n) is 4.16. The molecule has 68 valence electrons. The summed E-state index contributed by atoms with van der Waals surface area (Å²) in [6, 6.07) is 0. The zero-order valence-corrected chi connectivity index (χ0v) is 8.09. The maximum absolute atomic E-state index is 5.88. The average molecular weight is 159 g/mol. The van der Waals surface area contributed by atoms with Crippen LogP contribution < -0.4 is 11.6 Å². The fourth-order valence-electron chi connectivity index (χ4n) is 0.895. The Hall–Kier alpha value is -0.120. The Morgan fingerprint density at radius 2 is 1.82 bits per heavy atom. The van der Waals surface area contributed by atoms with Gasteiger partial charge in [0.1, 0.15) is 0 Å². The molecule has 1 unspecified atom stereocenters. The summed E-state index contributed by atoms with van der Waals surface area (Å²) in [6.45, 7) is 9.22. The van der Waals surface area contributed by atoms with Crippen molar-refractivity contribution in [3.63, 3.8) is 0 Å². The summed E-state index contributed by atoms with van der Waals surface area (Å²) in [4.78, 5) is 0. The van der Waals surface area contributed by atoms with Crippen LogP contribution in [0.3, 0.4) is 0 Å². The molecule has 0 aromatic heterocycles. The van der Waals surface area contributed by atoms with Gasteiger partial charge in [0.25, 0.3) is 0 Å². The van der Waals surface area contributed by atoms with Crippen LogP contribution in [0.2, 0.25) is 0 Å². The summed E-state index contributed by atoms with van der Waals surface area (Å²) in [5.74, 6) is 5.72. The van der Waals surface area contributed by atoms with E-state index in [1.54, 1.807) is 5.01 Å². The smallest absolute Gasteiger partial charge is 0.0754 e. The Labute approximate surface area is 69.7 Å². The summed E-state index contributed by atoms with van der Waals surface area (Å²) >= 11 is 0. The molecular weight excluding hydrogens is 138 g/mol. The number of hydrogen-bond acceptors (Lipinski definition) is 3. The third kappa shape index (κ3) is 3.70. The second-order valence-corrected chi connectivity index (χ2v) is 4.05. The van der Waals surface area contributed by atoms with E-state index in [9.17, 15) is 0 Å². The van der Waals surface area contributed by atoms with E-state index < -0.39 is 0 Å². The van der Waals surface area contributed by atoms with Gasteiger partial charge in [0.2, 0.25) is 0 Å². The lowest BCUT2D eigenvalue weighted by atomic mass is 9.92. The van der Waals surface area contributed by atoms with Crippen LogP contribution in [-0.4, -0.2) is 17.7 Å². The lowest BCUT2D eigenvalue weighted by Gasteiger charge is -2.34. The number of nitrogens with zero attached hydrogens (tertiary/aromatic N) is 1. The minimum Gasteiger partial charge on any atom is -0.314 e. The van der Waals surface area contributed by atoms with Crippen LogP contribution in [0.1, 0.15) is 34.1 Å². The monoisotopic (exact) mass is 159 g/mol. The van der Waals surface area contributed by atoms with Gasteiger partial charge in [0.05, 0.1) is 6.17 Å². The normalized spacial score (nSPS) is 15.5. The van der Waals surface area contributed by atoms with Crippen molar-refractivity contribution in [1.29, 1.82) is 0 Å². The minimum atomic E-state index is -0.0533. The van der Waals surface area contributed by atoms with Gasteiger partial charge in [-0.15, -0.1) is 0 Å². The molecule has 0 fully saturated rings. The molecule has 0 aliphatic rings. The Kier molecular flexibility index (Phi) is 4.00. The van der Waals surface area contributed by atoms with Crippen LogP contribution in [0.15, 0.2) is 0 Å². The van der Waals surface area contributed by atoms with Crippen LogP contribution in [0.25, 0.3) is 0 Å². The highest BCUT2D eigenvalue weighted by atomic mass is 15.4. The zero-order chi connectivity index (χ0) is 9.07. The Morgan fingerprint density at radius 1 is 1.36 bits per heavy atom. The van der Waals surface area contributed by atoms with E-state index in [1.807, 2.05) is 0 Å². The molecule has 0 heterocycles. The first-order chi connectivity index (χ1) is 4.89. The lowest BCUT2D eigenvalue weighted by Crippen LogP contribution is -2.54. The topological polar surface area (TPSA) is 55.3 Å². The number of hydrogen-bond donors (Lipinski definition) is 2. The molecule has 0 aromatic carbocycles. The summed E-state index contributed by atoms with van der Waals surface area (Å²) < 4.78 is 0. The van der Waals surface area contributed by atoms with Crippen molar-refractivity contribution in [1.82, 2.24) is 5.01 Å². The standard InChI is InChI=1S/C8H21N3/c1-5-6-11(10)7(9)8(2,3)4/h7H,5-6,9-10H2,1-4H3. The molecule has 0 aliphatic carbocycles. The van der Waals surface area contributed by atoms with E-state index in [-0.39, 0.29) is 11.6 Å². The Balaban J connectivity index is 3.91. The summed E-state index contributed by atoms with van der Waals surface area (Å²) in [6.07, 6.45) is 0.989. The van der Waals surface area contributed by atoms with Crippen LogP contribution in [0.5, 0.6) is 0 Å². The molecule has 3 heteroatoms. The van der Waals surface area contributed by atoms with Crippen molar-refractivity contribution >= 4 is 0 Å². The molecule has 0 saturated heterocycles. The van der Waals surface area contributed by atoms with Gasteiger partial charge in [-0.25, -0.2) is 5.01 Å². The maximum Gasteiger partial charge on any atom is 0.0754 e. The summed E-state index contributed by atoms with van der Waals surface area (Å²) in [5, 5.41) is 1.71. The van der Waals surface area contributed by atoms with E-state index >= 15 is 0 Å². The van der Waals surface area contributed by atoms with E-state index in [2.05, 4.69) is 27.7 Å². The predicted molar refractivity (Wildman–Crippen MR) is 48.6 cm³/mol.